The van der Waals surface area contributed by atoms with Gasteiger partial charge in [0.2, 0.25) is 0 Å². The van der Waals surface area contributed by atoms with Crippen molar-refractivity contribution in [2.45, 2.75) is 20.5 Å². The first-order valence-corrected chi connectivity index (χ1v) is 6.90. The second kappa shape index (κ2) is 5.79. The average Bonchev–Trinajstić information content (AvgIpc) is 2.87. The maximum Gasteiger partial charge on any atom is 0.134 e. The van der Waals surface area contributed by atoms with E-state index in [-0.39, 0.29) is 0 Å². The van der Waals surface area contributed by atoms with Crippen molar-refractivity contribution in [3.8, 4) is 11.4 Å². The van der Waals surface area contributed by atoms with Crippen molar-refractivity contribution in [3.63, 3.8) is 0 Å². The molecule has 3 aromatic rings. The summed E-state index contributed by atoms with van der Waals surface area (Å²) in [5.41, 5.74) is 3.85. The number of ether oxygens (including phenoxy) is 1. The molecule has 0 aliphatic heterocycles. The van der Waals surface area contributed by atoms with Gasteiger partial charge in [0.1, 0.15) is 18.1 Å². The smallest absolute Gasteiger partial charge is 0.134 e. The molecule has 0 aliphatic carbocycles. The summed E-state index contributed by atoms with van der Waals surface area (Å²) in [6.07, 6.45) is 0. The molecule has 0 atom stereocenters. The number of hydrogen-bond donors (Lipinski definition) is 0. The molecule has 106 valence electrons. The molecule has 4 nitrogen and oxygen atoms in total. The first kappa shape index (κ1) is 13.4. The molecule has 3 rings (SSSR count). The van der Waals surface area contributed by atoms with Gasteiger partial charge in [-0.25, -0.2) is 0 Å². The number of aromatic nitrogens is 3. The van der Waals surface area contributed by atoms with E-state index in [0.29, 0.717) is 6.61 Å². The van der Waals surface area contributed by atoms with Crippen LogP contribution in [0, 0.1) is 13.8 Å². The van der Waals surface area contributed by atoms with Crippen LogP contribution < -0.4 is 4.74 Å². The fourth-order valence-corrected chi connectivity index (χ4v) is 2.08. The van der Waals surface area contributed by atoms with Gasteiger partial charge in [0, 0.05) is 0 Å². The number of benzene rings is 2. The topological polar surface area (TPSA) is 39.9 Å². The number of para-hydroxylation sites is 1. The van der Waals surface area contributed by atoms with E-state index in [4.69, 9.17) is 4.74 Å². The minimum atomic E-state index is 0.419. The van der Waals surface area contributed by atoms with E-state index in [1.807, 2.05) is 68.4 Å². The molecule has 0 fully saturated rings. The molecule has 0 saturated heterocycles. The summed E-state index contributed by atoms with van der Waals surface area (Å²) in [5, 5.41) is 8.93. The lowest BCUT2D eigenvalue weighted by atomic mass is 10.2. The molecule has 0 bridgehead atoms. The number of hydrogen-bond acceptors (Lipinski definition) is 3. The highest BCUT2D eigenvalue weighted by Crippen LogP contribution is 2.15. The van der Waals surface area contributed by atoms with Crippen LogP contribution in [0.5, 0.6) is 5.75 Å². The van der Waals surface area contributed by atoms with Crippen LogP contribution in [-0.2, 0) is 6.61 Å². The van der Waals surface area contributed by atoms with Gasteiger partial charge in [-0.3, -0.25) is 0 Å². The highest BCUT2D eigenvalue weighted by atomic mass is 16.5. The van der Waals surface area contributed by atoms with Gasteiger partial charge in [-0.15, -0.1) is 5.10 Å². The summed E-state index contributed by atoms with van der Waals surface area (Å²) in [6, 6.07) is 17.9. The Bertz CT molecular complexity index is 735. The third kappa shape index (κ3) is 3.11. The summed E-state index contributed by atoms with van der Waals surface area (Å²) in [6.45, 7) is 4.41. The van der Waals surface area contributed by atoms with E-state index in [9.17, 15) is 0 Å². The van der Waals surface area contributed by atoms with Gasteiger partial charge in [-0.05, 0) is 43.7 Å². The lowest BCUT2D eigenvalue weighted by Gasteiger charge is -2.05. The third-order valence-electron chi connectivity index (χ3n) is 3.23. The monoisotopic (exact) mass is 279 g/mol. The van der Waals surface area contributed by atoms with Gasteiger partial charge in [-0.2, -0.15) is 9.90 Å². The molecule has 1 aromatic heterocycles. The summed E-state index contributed by atoms with van der Waals surface area (Å²) < 4.78 is 5.79. The lowest BCUT2D eigenvalue weighted by molar-refractivity contribution is 0.299. The second-order valence-electron chi connectivity index (χ2n) is 4.96. The van der Waals surface area contributed by atoms with Crippen molar-refractivity contribution in [2.75, 3.05) is 0 Å². The van der Waals surface area contributed by atoms with Crippen LogP contribution >= 0.6 is 0 Å². The quantitative estimate of drug-likeness (QED) is 0.734. The van der Waals surface area contributed by atoms with Crippen LogP contribution in [0.25, 0.3) is 5.69 Å². The molecule has 1 heterocycles. The molecule has 0 saturated carbocycles. The van der Waals surface area contributed by atoms with E-state index in [1.54, 1.807) is 4.80 Å². The van der Waals surface area contributed by atoms with Crippen molar-refractivity contribution >= 4 is 0 Å². The molecular formula is C17H17N3O. The van der Waals surface area contributed by atoms with E-state index in [0.717, 1.165) is 22.8 Å². The van der Waals surface area contributed by atoms with Crippen molar-refractivity contribution in [1.29, 1.82) is 0 Å². The number of nitrogens with zero attached hydrogens (tertiary/aromatic N) is 3. The first-order valence-electron chi connectivity index (χ1n) is 6.90. The Morgan fingerprint density at radius 1 is 0.952 bits per heavy atom. The normalized spacial score (nSPS) is 10.6. The second-order valence-corrected chi connectivity index (χ2v) is 4.96. The highest BCUT2D eigenvalue weighted by molar-refractivity contribution is 5.30. The average molecular weight is 279 g/mol. The minimum Gasteiger partial charge on any atom is -0.487 e. The molecule has 0 N–H and O–H groups in total. The Kier molecular flexibility index (Phi) is 3.69. The van der Waals surface area contributed by atoms with Gasteiger partial charge in [0.05, 0.1) is 11.4 Å². The van der Waals surface area contributed by atoms with Crippen LogP contribution in [0.15, 0.2) is 54.6 Å². The van der Waals surface area contributed by atoms with Crippen LogP contribution in [0.3, 0.4) is 0 Å². The summed E-state index contributed by atoms with van der Waals surface area (Å²) in [7, 11) is 0. The van der Waals surface area contributed by atoms with E-state index < -0.39 is 0 Å². The fraction of sp³-hybridized carbons (Fsp3) is 0.176. The molecular weight excluding hydrogens is 262 g/mol. The Balaban J connectivity index is 1.76. The zero-order chi connectivity index (χ0) is 14.7. The summed E-state index contributed by atoms with van der Waals surface area (Å²) in [5.74, 6) is 0.851. The number of rotatable bonds is 4. The van der Waals surface area contributed by atoms with E-state index >= 15 is 0 Å². The molecule has 21 heavy (non-hydrogen) atoms. The zero-order valence-corrected chi connectivity index (χ0v) is 12.2. The molecule has 0 unspecified atom stereocenters. The predicted octanol–water partition coefficient (Wildman–Crippen LogP) is 3.46. The SMILES string of the molecule is Cc1cccc(OCc2nn(-c3ccccc3)nc2C)c1. The largest absolute Gasteiger partial charge is 0.487 e. The Morgan fingerprint density at radius 2 is 1.76 bits per heavy atom. The summed E-state index contributed by atoms with van der Waals surface area (Å²) >= 11 is 0. The molecule has 2 aromatic carbocycles. The Labute approximate surface area is 124 Å². The number of aryl methyl sites for hydroxylation is 2. The first-order chi connectivity index (χ1) is 10.2. The van der Waals surface area contributed by atoms with Crippen LogP contribution in [-0.4, -0.2) is 15.0 Å². The maximum absolute atomic E-state index is 5.79. The van der Waals surface area contributed by atoms with E-state index in [1.165, 1.54) is 5.56 Å². The van der Waals surface area contributed by atoms with Crippen LogP contribution in [0.1, 0.15) is 17.0 Å². The van der Waals surface area contributed by atoms with Gasteiger partial charge < -0.3 is 4.74 Å². The lowest BCUT2D eigenvalue weighted by Crippen LogP contribution is -2.01. The van der Waals surface area contributed by atoms with Crippen molar-refractivity contribution in [3.05, 3.63) is 71.5 Å². The Morgan fingerprint density at radius 3 is 2.52 bits per heavy atom. The van der Waals surface area contributed by atoms with E-state index in [2.05, 4.69) is 10.2 Å². The van der Waals surface area contributed by atoms with Crippen molar-refractivity contribution in [1.82, 2.24) is 15.0 Å². The van der Waals surface area contributed by atoms with Gasteiger partial charge in [-0.1, -0.05) is 30.3 Å². The van der Waals surface area contributed by atoms with Crippen LogP contribution in [0.2, 0.25) is 0 Å². The summed E-state index contributed by atoms with van der Waals surface area (Å²) in [4.78, 5) is 1.64. The third-order valence-corrected chi connectivity index (χ3v) is 3.23. The minimum absolute atomic E-state index is 0.419. The van der Waals surface area contributed by atoms with Gasteiger partial charge in [0.15, 0.2) is 0 Å². The van der Waals surface area contributed by atoms with Crippen LogP contribution in [0.4, 0.5) is 0 Å². The Hall–Kier alpha value is -2.62. The predicted molar refractivity (Wildman–Crippen MR) is 81.6 cm³/mol. The molecule has 0 spiro atoms. The maximum atomic E-state index is 5.79. The molecule has 0 amide bonds. The van der Waals surface area contributed by atoms with Crippen molar-refractivity contribution in [2.24, 2.45) is 0 Å². The highest BCUT2D eigenvalue weighted by Gasteiger charge is 2.09. The fourth-order valence-electron chi connectivity index (χ4n) is 2.08. The molecule has 0 radical (unpaired) electrons. The van der Waals surface area contributed by atoms with Crippen molar-refractivity contribution < 1.29 is 4.74 Å². The standard InChI is InChI=1S/C17H17N3O/c1-13-7-6-10-16(11-13)21-12-17-14(2)18-20(19-17)15-8-4-3-5-9-15/h3-11H,12H2,1-2H3. The molecule has 0 aliphatic rings. The van der Waals surface area contributed by atoms with Gasteiger partial charge in [0.25, 0.3) is 0 Å². The zero-order valence-electron chi connectivity index (χ0n) is 12.2. The van der Waals surface area contributed by atoms with Gasteiger partial charge >= 0.3 is 0 Å². The molecule has 4 heteroatoms.